The predicted molar refractivity (Wildman–Crippen MR) is 68.3 cm³/mol. The molecule has 0 bridgehead atoms. The fourth-order valence-electron chi connectivity index (χ4n) is 1.24. The van der Waals surface area contributed by atoms with Gasteiger partial charge in [0, 0.05) is 6.92 Å². The zero-order valence-electron chi connectivity index (χ0n) is 10.2. The predicted octanol–water partition coefficient (Wildman–Crippen LogP) is 3.98. The minimum absolute atomic E-state index is 0.833. The largest absolute Gasteiger partial charge is 0.481 e. The highest BCUT2D eigenvalue weighted by molar-refractivity contribution is 5.62. The standard InChI is InChI=1S/C12H16.C2H4O2/c1-3-11(4-2)10-12-8-6-5-7-9-12;1-2(3)4/h5-10H,3-4H2,1-2H3;1H3,(H,3,4). The summed E-state index contributed by atoms with van der Waals surface area (Å²) in [4.78, 5) is 9.00. The summed E-state index contributed by atoms with van der Waals surface area (Å²) in [7, 11) is 0. The first-order valence-corrected chi connectivity index (χ1v) is 5.54. The van der Waals surface area contributed by atoms with Crippen LogP contribution in [0.3, 0.4) is 0 Å². The van der Waals surface area contributed by atoms with Gasteiger partial charge in [0.15, 0.2) is 0 Å². The molecule has 0 aliphatic heterocycles. The first-order valence-electron chi connectivity index (χ1n) is 5.54. The number of carboxylic acids is 1. The van der Waals surface area contributed by atoms with E-state index in [2.05, 4.69) is 50.3 Å². The van der Waals surface area contributed by atoms with E-state index in [1.54, 1.807) is 0 Å². The van der Waals surface area contributed by atoms with Crippen molar-refractivity contribution < 1.29 is 9.90 Å². The number of rotatable bonds is 3. The second kappa shape index (κ2) is 8.72. The molecule has 0 aliphatic carbocycles. The lowest BCUT2D eigenvalue weighted by Gasteiger charge is -1.99. The van der Waals surface area contributed by atoms with Crippen molar-refractivity contribution in [2.24, 2.45) is 0 Å². The van der Waals surface area contributed by atoms with Crippen LogP contribution in [0, 0.1) is 0 Å². The van der Waals surface area contributed by atoms with Gasteiger partial charge in [-0.2, -0.15) is 0 Å². The van der Waals surface area contributed by atoms with Crippen LogP contribution < -0.4 is 0 Å². The van der Waals surface area contributed by atoms with Crippen molar-refractivity contribution in [1.82, 2.24) is 0 Å². The lowest BCUT2D eigenvalue weighted by atomic mass is 10.1. The first kappa shape index (κ1) is 14.4. The van der Waals surface area contributed by atoms with Crippen LogP contribution in [0.2, 0.25) is 0 Å². The molecule has 0 fully saturated rings. The number of hydrogen-bond acceptors (Lipinski definition) is 1. The third-order valence-corrected chi connectivity index (χ3v) is 2.08. The van der Waals surface area contributed by atoms with Crippen LogP contribution in [0.15, 0.2) is 35.9 Å². The Kier molecular flexibility index (Phi) is 7.86. The molecule has 2 nitrogen and oxygen atoms in total. The van der Waals surface area contributed by atoms with Gasteiger partial charge < -0.3 is 5.11 Å². The molecule has 1 aromatic carbocycles. The van der Waals surface area contributed by atoms with E-state index in [-0.39, 0.29) is 0 Å². The summed E-state index contributed by atoms with van der Waals surface area (Å²) < 4.78 is 0. The van der Waals surface area contributed by atoms with Crippen molar-refractivity contribution in [3.63, 3.8) is 0 Å². The molecule has 0 amide bonds. The van der Waals surface area contributed by atoms with E-state index in [0.717, 1.165) is 19.8 Å². The molecule has 0 heterocycles. The van der Waals surface area contributed by atoms with Crippen molar-refractivity contribution in [3.8, 4) is 0 Å². The van der Waals surface area contributed by atoms with E-state index >= 15 is 0 Å². The fraction of sp³-hybridized carbons (Fsp3) is 0.357. The monoisotopic (exact) mass is 220 g/mol. The Balaban J connectivity index is 0.000000487. The summed E-state index contributed by atoms with van der Waals surface area (Å²) in [5.74, 6) is -0.833. The summed E-state index contributed by atoms with van der Waals surface area (Å²) in [6.07, 6.45) is 4.59. The molecular formula is C14H20O2. The van der Waals surface area contributed by atoms with Gasteiger partial charge >= 0.3 is 0 Å². The van der Waals surface area contributed by atoms with Crippen molar-refractivity contribution in [1.29, 1.82) is 0 Å². The van der Waals surface area contributed by atoms with Gasteiger partial charge in [-0.05, 0) is 18.4 Å². The van der Waals surface area contributed by atoms with E-state index in [9.17, 15) is 0 Å². The Morgan fingerprint density at radius 2 is 1.62 bits per heavy atom. The van der Waals surface area contributed by atoms with E-state index in [0.29, 0.717) is 0 Å². The maximum Gasteiger partial charge on any atom is 0.300 e. The number of carbonyl (C=O) groups is 1. The molecule has 0 aromatic heterocycles. The molecule has 16 heavy (non-hydrogen) atoms. The van der Waals surface area contributed by atoms with Crippen LogP contribution in [-0.2, 0) is 4.79 Å². The summed E-state index contributed by atoms with van der Waals surface area (Å²) in [6, 6.07) is 10.5. The Bertz CT molecular complexity index is 316. The zero-order valence-corrected chi connectivity index (χ0v) is 10.2. The molecule has 2 heteroatoms. The molecule has 0 aliphatic rings. The minimum Gasteiger partial charge on any atom is -0.481 e. The topological polar surface area (TPSA) is 37.3 Å². The number of carboxylic acid groups (broad SMARTS) is 1. The van der Waals surface area contributed by atoms with Crippen LogP contribution in [0.1, 0.15) is 39.2 Å². The van der Waals surface area contributed by atoms with Crippen molar-refractivity contribution in [2.45, 2.75) is 33.6 Å². The van der Waals surface area contributed by atoms with Crippen molar-refractivity contribution in [3.05, 3.63) is 41.5 Å². The molecule has 0 radical (unpaired) electrons. The molecule has 0 saturated carbocycles. The summed E-state index contributed by atoms with van der Waals surface area (Å²) in [6.45, 7) is 5.50. The molecule has 88 valence electrons. The van der Waals surface area contributed by atoms with Crippen LogP contribution in [0.4, 0.5) is 0 Å². The van der Waals surface area contributed by atoms with Gasteiger partial charge in [0.2, 0.25) is 0 Å². The van der Waals surface area contributed by atoms with Gasteiger partial charge in [-0.25, -0.2) is 0 Å². The average Bonchev–Trinajstić information content (AvgIpc) is 2.26. The molecule has 1 aromatic rings. The van der Waals surface area contributed by atoms with Crippen LogP contribution in [-0.4, -0.2) is 11.1 Å². The highest BCUT2D eigenvalue weighted by atomic mass is 16.4. The Hall–Kier alpha value is -1.57. The lowest BCUT2D eigenvalue weighted by molar-refractivity contribution is -0.134. The van der Waals surface area contributed by atoms with Gasteiger partial charge in [-0.15, -0.1) is 0 Å². The summed E-state index contributed by atoms with van der Waals surface area (Å²) >= 11 is 0. The molecule has 0 unspecified atom stereocenters. The van der Waals surface area contributed by atoms with E-state index in [4.69, 9.17) is 9.90 Å². The quantitative estimate of drug-likeness (QED) is 0.836. The highest BCUT2D eigenvalue weighted by Gasteiger charge is 1.90. The summed E-state index contributed by atoms with van der Waals surface area (Å²) in [5.41, 5.74) is 2.83. The molecular weight excluding hydrogens is 200 g/mol. The normalized spacial score (nSPS) is 8.69. The second-order valence-electron chi connectivity index (χ2n) is 3.44. The first-order chi connectivity index (χ1) is 7.60. The van der Waals surface area contributed by atoms with Crippen LogP contribution in [0.25, 0.3) is 6.08 Å². The Morgan fingerprint density at radius 3 is 2.00 bits per heavy atom. The van der Waals surface area contributed by atoms with Gasteiger partial charge in [0.05, 0.1) is 0 Å². The number of hydrogen-bond donors (Lipinski definition) is 1. The molecule has 0 spiro atoms. The molecule has 1 rings (SSSR count). The summed E-state index contributed by atoms with van der Waals surface area (Å²) in [5, 5.41) is 7.42. The van der Waals surface area contributed by atoms with Gasteiger partial charge in [-0.1, -0.05) is 55.8 Å². The molecule has 0 atom stereocenters. The van der Waals surface area contributed by atoms with Crippen molar-refractivity contribution >= 4 is 12.0 Å². The van der Waals surface area contributed by atoms with Gasteiger partial charge in [-0.3, -0.25) is 4.79 Å². The minimum atomic E-state index is -0.833. The Morgan fingerprint density at radius 1 is 1.19 bits per heavy atom. The number of allylic oxidation sites excluding steroid dienone is 1. The number of aliphatic carboxylic acids is 1. The third-order valence-electron chi connectivity index (χ3n) is 2.08. The molecule has 1 N–H and O–H groups in total. The second-order valence-corrected chi connectivity index (χ2v) is 3.44. The Labute approximate surface area is 97.6 Å². The van der Waals surface area contributed by atoms with Crippen LogP contribution in [0.5, 0.6) is 0 Å². The van der Waals surface area contributed by atoms with Gasteiger partial charge in [0.1, 0.15) is 0 Å². The van der Waals surface area contributed by atoms with Gasteiger partial charge in [0.25, 0.3) is 5.97 Å². The fourth-order valence-corrected chi connectivity index (χ4v) is 1.24. The smallest absolute Gasteiger partial charge is 0.300 e. The maximum absolute atomic E-state index is 9.00. The van der Waals surface area contributed by atoms with Crippen LogP contribution >= 0.6 is 0 Å². The average molecular weight is 220 g/mol. The third kappa shape index (κ3) is 7.80. The van der Waals surface area contributed by atoms with E-state index in [1.165, 1.54) is 11.1 Å². The van der Waals surface area contributed by atoms with E-state index in [1.807, 2.05) is 0 Å². The number of benzene rings is 1. The zero-order chi connectivity index (χ0) is 12.4. The molecule has 0 saturated heterocycles. The maximum atomic E-state index is 9.00. The highest BCUT2D eigenvalue weighted by Crippen LogP contribution is 2.11. The van der Waals surface area contributed by atoms with E-state index < -0.39 is 5.97 Å². The SMILES string of the molecule is CC(=O)O.CCC(=Cc1ccccc1)CC. The van der Waals surface area contributed by atoms with Crippen molar-refractivity contribution in [2.75, 3.05) is 0 Å². The lowest BCUT2D eigenvalue weighted by Crippen LogP contribution is -1.78.